The molecule has 1 fully saturated rings. The van der Waals surface area contributed by atoms with Crippen LogP contribution in [0.2, 0.25) is 0 Å². The van der Waals surface area contributed by atoms with Gasteiger partial charge in [-0.1, -0.05) is 0 Å². The molecule has 7 heteroatoms. The minimum Gasteiger partial charge on any atom is -0.315 e. The Bertz CT molecular complexity index is 456. The van der Waals surface area contributed by atoms with E-state index < -0.39 is 15.3 Å². The molecule has 0 aromatic carbocycles. The second-order valence-corrected chi connectivity index (χ2v) is 6.16. The molecule has 0 spiro atoms. The lowest BCUT2D eigenvalue weighted by atomic mass is 10.3. The maximum absolute atomic E-state index is 12.1. The molecular weight excluding hydrogens is 240 g/mol. The number of rotatable bonds is 4. The molecule has 2 heterocycles. The summed E-state index contributed by atoms with van der Waals surface area (Å²) in [6, 6.07) is -0.0147. The zero-order chi connectivity index (χ0) is 12.3. The highest BCUT2D eigenvalue weighted by Crippen LogP contribution is 2.18. The quantitative estimate of drug-likeness (QED) is 0.780. The van der Waals surface area contributed by atoms with Gasteiger partial charge >= 0.3 is 0 Å². The Hall–Kier alpha value is -1.05. The highest BCUT2D eigenvalue weighted by atomic mass is 32.2. The minimum absolute atomic E-state index is 0.0147. The van der Waals surface area contributed by atoms with E-state index in [4.69, 9.17) is 0 Å². The van der Waals surface area contributed by atoms with E-state index in [2.05, 4.69) is 20.0 Å². The summed E-state index contributed by atoms with van der Waals surface area (Å²) in [4.78, 5) is 7.91. The predicted octanol–water partition coefficient (Wildman–Crippen LogP) is -0.181. The molecule has 1 aromatic rings. The van der Waals surface area contributed by atoms with E-state index in [1.54, 1.807) is 6.92 Å². The van der Waals surface area contributed by atoms with E-state index in [1.807, 2.05) is 0 Å². The fourth-order valence-electron chi connectivity index (χ4n) is 1.77. The van der Waals surface area contributed by atoms with E-state index in [0.29, 0.717) is 12.2 Å². The maximum Gasteiger partial charge on any atom is 0.220 e. The summed E-state index contributed by atoms with van der Waals surface area (Å²) < 4.78 is 26.9. The molecular formula is C10H16N4O2S. The molecule has 0 amide bonds. The van der Waals surface area contributed by atoms with Gasteiger partial charge in [0.1, 0.15) is 5.25 Å². The Morgan fingerprint density at radius 2 is 2.35 bits per heavy atom. The molecule has 2 atom stereocenters. The van der Waals surface area contributed by atoms with Crippen molar-refractivity contribution in [3.05, 3.63) is 24.3 Å². The topological polar surface area (TPSA) is 84.0 Å². The molecule has 1 aliphatic heterocycles. The largest absolute Gasteiger partial charge is 0.315 e. The van der Waals surface area contributed by atoms with Gasteiger partial charge < -0.3 is 5.32 Å². The summed E-state index contributed by atoms with van der Waals surface area (Å²) in [5, 5.41) is 2.44. The van der Waals surface area contributed by atoms with Crippen LogP contribution >= 0.6 is 0 Å². The van der Waals surface area contributed by atoms with Crippen LogP contribution in [0.3, 0.4) is 0 Å². The van der Waals surface area contributed by atoms with Crippen molar-refractivity contribution in [1.29, 1.82) is 0 Å². The van der Waals surface area contributed by atoms with Gasteiger partial charge in [-0.05, 0) is 19.9 Å². The average molecular weight is 256 g/mol. The van der Waals surface area contributed by atoms with Gasteiger partial charge in [0.05, 0.1) is 5.69 Å². The number of nitrogens with one attached hydrogen (secondary N) is 2. The van der Waals surface area contributed by atoms with Crippen molar-refractivity contribution in [3.63, 3.8) is 0 Å². The molecule has 1 aromatic heterocycles. The summed E-state index contributed by atoms with van der Waals surface area (Å²) in [6.07, 6.45) is 5.33. The first kappa shape index (κ1) is 12.4. The van der Waals surface area contributed by atoms with Crippen LogP contribution in [0.15, 0.2) is 18.6 Å². The Morgan fingerprint density at radius 3 is 2.94 bits per heavy atom. The Labute approximate surface area is 101 Å². The standard InChI is InChI=1S/C10H16N4O2S/c1-8(10-7-12-4-5-13-10)17(15,16)14-9-2-3-11-6-9/h4-5,7-9,11,14H,2-3,6H2,1H3/t8-,9+/m1/s1. The molecule has 0 bridgehead atoms. The Kier molecular flexibility index (Phi) is 3.70. The number of sulfonamides is 1. The van der Waals surface area contributed by atoms with E-state index >= 15 is 0 Å². The van der Waals surface area contributed by atoms with Crippen molar-refractivity contribution in [3.8, 4) is 0 Å². The Balaban J connectivity index is 2.09. The van der Waals surface area contributed by atoms with Gasteiger partial charge in [0.15, 0.2) is 0 Å². The smallest absolute Gasteiger partial charge is 0.220 e. The number of nitrogens with zero attached hydrogens (tertiary/aromatic N) is 2. The predicted molar refractivity (Wildman–Crippen MR) is 63.8 cm³/mol. The van der Waals surface area contributed by atoms with Crippen molar-refractivity contribution in [2.24, 2.45) is 0 Å². The third-order valence-electron chi connectivity index (χ3n) is 2.86. The second-order valence-electron chi connectivity index (χ2n) is 4.13. The highest BCUT2D eigenvalue weighted by Gasteiger charge is 2.28. The maximum atomic E-state index is 12.1. The summed E-state index contributed by atoms with van der Waals surface area (Å²) >= 11 is 0. The highest BCUT2D eigenvalue weighted by molar-refractivity contribution is 7.89. The monoisotopic (exact) mass is 256 g/mol. The summed E-state index contributed by atoms with van der Waals surface area (Å²) in [6.45, 7) is 3.16. The summed E-state index contributed by atoms with van der Waals surface area (Å²) in [5.41, 5.74) is 0.464. The molecule has 1 aliphatic rings. The molecule has 17 heavy (non-hydrogen) atoms. The van der Waals surface area contributed by atoms with Crippen LogP contribution < -0.4 is 10.0 Å². The fourth-order valence-corrected chi connectivity index (χ4v) is 3.08. The molecule has 0 saturated carbocycles. The third-order valence-corrected chi connectivity index (χ3v) is 4.69. The van der Waals surface area contributed by atoms with E-state index in [-0.39, 0.29) is 6.04 Å². The van der Waals surface area contributed by atoms with Crippen LogP contribution in [-0.2, 0) is 10.0 Å². The zero-order valence-electron chi connectivity index (χ0n) is 9.63. The summed E-state index contributed by atoms with van der Waals surface area (Å²) in [7, 11) is -3.39. The van der Waals surface area contributed by atoms with Crippen molar-refractivity contribution >= 4 is 10.0 Å². The first-order chi connectivity index (χ1) is 8.09. The Morgan fingerprint density at radius 1 is 1.53 bits per heavy atom. The van der Waals surface area contributed by atoms with Crippen LogP contribution in [-0.4, -0.2) is 37.5 Å². The van der Waals surface area contributed by atoms with E-state index in [9.17, 15) is 8.42 Å². The molecule has 1 saturated heterocycles. The average Bonchev–Trinajstić information content (AvgIpc) is 2.81. The van der Waals surface area contributed by atoms with Crippen molar-refractivity contribution < 1.29 is 8.42 Å². The molecule has 94 valence electrons. The van der Waals surface area contributed by atoms with Gasteiger partial charge in [-0.2, -0.15) is 0 Å². The molecule has 0 aliphatic carbocycles. The van der Waals surface area contributed by atoms with Crippen LogP contribution in [0, 0.1) is 0 Å². The molecule has 0 radical (unpaired) electrons. The van der Waals surface area contributed by atoms with Gasteiger partial charge in [-0.3, -0.25) is 9.97 Å². The van der Waals surface area contributed by atoms with Crippen molar-refractivity contribution in [1.82, 2.24) is 20.0 Å². The van der Waals surface area contributed by atoms with Gasteiger partial charge in [-0.15, -0.1) is 0 Å². The van der Waals surface area contributed by atoms with E-state index in [1.165, 1.54) is 18.6 Å². The van der Waals surface area contributed by atoms with Crippen LogP contribution in [0.1, 0.15) is 24.3 Å². The number of hydrogen-bond donors (Lipinski definition) is 2. The second kappa shape index (κ2) is 5.07. The van der Waals surface area contributed by atoms with Gasteiger partial charge in [0.25, 0.3) is 0 Å². The first-order valence-electron chi connectivity index (χ1n) is 5.57. The number of hydrogen-bond acceptors (Lipinski definition) is 5. The SMILES string of the molecule is C[C@H](c1cnccn1)S(=O)(=O)N[C@H]1CCNC1. The van der Waals surface area contributed by atoms with E-state index in [0.717, 1.165) is 13.0 Å². The normalized spacial score (nSPS) is 22.5. The van der Waals surface area contributed by atoms with Crippen LogP contribution in [0.4, 0.5) is 0 Å². The van der Waals surface area contributed by atoms with Crippen molar-refractivity contribution in [2.75, 3.05) is 13.1 Å². The lowest BCUT2D eigenvalue weighted by Crippen LogP contribution is -2.38. The van der Waals surface area contributed by atoms with Crippen LogP contribution in [0.25, 0.3) is 0 Å². The van der Waals surface area contributed by atoms with Crippen molar-refractivity contribution in [2.45, 2.75) is 24.6 Å². The number of aromatic nitrogens is 2. The molecule has 6 nitrogen and oxygen atoms in total. The third kappa shape index (κ3) is 2.99. The summed E-state index contributed by atoms with van der Waals surface area (Å²) in [5.74, 6) is 0. The lowest BCUT2D eigenvalue weighted by molar-refractivity contribution is 0.549. The van der Waals surface area contributed by atoms with Gasteiger partial charge in [-0.25, -0.2) is 13.1 Å². The molecule has 0 unspecified atom stereocenters. The van der Waals surface area contributed by atoms with Gasteiger partial charge in [0.2, 0.25) is 10.0 Å². The lowest BCUT2D eigenvalue weighted by Gasteiger charge is -2.16. The first-order valence-corrected chi connectivity index (χ1v) is 7.12. The zero-order valence-corrected chi connectivity index (χ0v) is 10.4. The van der Waals surface area contributed by atoms with Gasteiger partial charge in [0, 0.05) is 31.2 Å². The minimum atomic E-state index is -3.39. The van der Waals surface area contributed by atoms with Crippen LogP contribution in [0.5, 0.6) is 0 Å². The molecule has 2 N–H and O–H groups in total. The molecule has 2 rings (SSSR count). The fraction of sp³-hybridized carbons (Fsp3) is 0.600.